The van der Waals surface area contributed by atoms with Gasteiger partial charge in [-0.15, -0.1) is 0 Å². The van der Waals surface area contributed by atoms with Gasteiger partial charge in [-0.05, 0) is 43.3 Å². The third kappa shape index (κ3) is 4.61. The number of anilines is 1. The van der Waals surface area contributed by atoms with Crippen molar-refractivity contribution < 1.29 is 14.3 Å². The van der Waals surface area contributed by atoms with Gasteiger partial charge in [0.1, 0.15) is 16.7 Å². The number of Topliss-reactive ketones (excluding diaryl/α,β-unsaturated/α-hetero) is 1. The average Bonchev–Trinajstić information content (AvgIpc) is 3.09. The van der Waals surface area contributed by atoms with E-state index in [0.29, 0.717) is 23.1 Å². The molecule has 1 heterocycles. The molecule has 6 nitrogen and oxygen atoms in total. The van der Waals surface area contributed by atoms with E-state index in [1.807, 2.05) is 66.4 Å². The van der Waals surface area contributed by atoms with Crippen molar-refractivity contribution in [3.05, 3.63) is 58.6 Å². The molecular formula is C23H25N3O3S. The van der Waals surface area contributed by atoms with Crippen molar-refractivity contribution in [2.75, 3.05) is 46.3 Å². The van der Waals surface area contributed by atoms with Gasteiger partial charge in [0, 0.05) is 18.5 Å². The summed E-state index contributed by atoms with van der Waals surface area (Å²) in [6.07, 6.45) is 0.753. The number of benzene rings is 2. The molecule has 1 aliphatic rings. The Morgan fingerprint density at radius 3 is 2.57 bits per heavy atom. The molecular weight excluding hydrogens is 398 g/mol. The lowest BCUT2D eigenvalue weighted by molar-refractivity contribution is -0.116. The highest BCUT2D eigenvalue weighted by atomic mass is 32.2. The van der Waals surface area contributed by atoms with Crippen LogP contribution in [0.2, 0.25) is 0 Å². The second-order valence-corrected chi connectivity index (χ2v) is 8.05. The zero-order valence-corrected chi connectivity index (χ0v) is 18.5. The highest BCUT2D eigenvalue weighted by Gasteiger charge is 2.28. The first-order chi connectivity index (χ1) is 14.5. The van der Waals surface area contributed by atoms with Gasteiger partial charge in [-0.25, -0.2) is 0 Å². The van der Waals surface area contributed by atoms with Gasteiger partial charge in [0.05, 0.1) is 26.5 Å². The molecule has 0 bridgehead atoms. The zero-order valence-electron chi connectivity index (χ0n) is 17.6. The predicted octanol–water partition coefficient (Wildman–Crippen LogP) is 3.72. The van der Waals surface area contributed by atoms with Gasteiger partial charge in [-0.1, -0.05) is 30.0 Å². The fraction of sp³-hybridized carbons (Fsp3) is 0.304. The Balaban J connectivity index is 1.65. The maximum Gasteiger partial charge on any atom is 0.190 e. The minimum atomic E-state index is -0.172. The van der Waals surface area contributed by atoms with Crippen LogP contribution >= 0.6 is 11.8 Å². The van der Waals surface area contributed by atoms with Gasteiger partial charge in [0.15, 0.2) is 17.3 Å². The van der Waals surface area contributed by atoms with E-state index in [0.717, 1.165) is 22.6 Å². The number of fused-ring (bicyclic) bond motifs is 1. The summed E-state index contributed by atoms with van der Waals surface area (Å²) in [5, 5.41) is 10.4. The van der Waals surface area contributed by atoms with Crippen LogP contribution in [-0.4, -0.2) is 52.1 Å². The molecule has 0 unspecified atom stereocenters. The Bertz CT molecular complexity index is 1010. The fourth-order valence-corrected chi connectivity index (χ4v) is 4.47. The van der Waals surface area contributed by atoms with Gasteiger partial charge < -0.3 is 14.4 Å². The molecule has 0 spiro atoms. The summed E-state index contributed by atoms with van der Waals surface area (Å²) in [5.41, 5.74) is 2.31. The molecule has 0 saturated carbocycles. The number of hydrogen-bond donors (Lipinski definition) is 0. The molecule has 30 heavy (non-hydrogen) atoms. The van der Waals surface area contributed by atoms with Gasteiger partial charge in [-0.3, -0.25) is 9.69 Å². The molecule has 2 aromatic carbocycles. The molecule has 0 atom stereocenters. The smallest absolute Gasteiger partial charge is 0.190 e. The van der Waals surface area contributed by atoms with E-state index in [1.54, 1.807) is 14.2 Å². The fourth-order valence-electron chi connectivity index (χ4n) is 3.31. The van der Waals surface area contributed by atoms with E-state index in [4.69, 9.17) is 9.47 Å². The van der Waals surface area contributed by atoms with Gasteiger partial charge >= 0.3 is 0 Å². The van der Waals surface area contributed by atoms with Gasteiger partial charge in [-0.2, -0.15) is 5.26 Å². The largest absolute Gasteiger partial charge is 0.493 e. The van der Waals surface area contributed by atoms with Crippen LogP contribution in [0.5, 0.6) is 11.5 Å². The molecule has 1 aliphatic heterocycles. The number of para-hydroxylation sites is 1. The lowest BCUT2D eigenvalue weighted by Gasteiger charge is -2.18. The van der Waals surface area contributed by atoms with E-state index in [2.05, 4.69) is 6.07 Å². The second kappa shape index (κ2) is 9.70. The molecule has 0 aromatic heterocycles. The maximum atomic E-state index is 12.9. The quantitative estimate of drug-likeness (QED) is 0.473. The minimum absolute atomic E-state index is 0.172. The van der Waals surface area contributed by atoms with Crippen LogP contribution in [0, 0.1) is 11.3 Å². The van der Waals surface area contributed by atoms with Crippen molar-refractivity contribution in [1.82, 2.24) is 4.90 Å². The highest BCUT2D eigenvalue weighted by molar-refractivity contribution is 8.03. The van der Waals surface area contributed by atoms with E-state index in [-0.39, 0.29) is 17.9 Å². The maximum absolute atomic E-state index is 12.9. The third-order valence-electron chi connectivity index (χ3n) is 4.99. The van der Waals surface area contributed by atoms with Crippen molar-refractivity contribution in [3.63, 3.8) is 0 Å². The van der Waals surface area contributed by atoms with E-state index < -0.39 is 0 Å². The Morgan fingerprint density at radius 2 is 1.90 bits per heavy atom. The van der Waals surface area contributed by atoms with E-state index in [9.17, 15) is 10.1 Å². The van der Waals surface area contributed by atoms with Crippen LogP contribution < -0.4 is 14.4 Å². The number of ether oxygens (including phenoxy) is 2. The number of hydrogen-bond acceptors (Lipinski definition) is 7. The highest BCUT2D eigenvalue weighted by Crippen LogP contribution is 2.46. The van der Waals surface area contributed by atoms with Crippen LogP contribution in [0.3, 0.4) is 0 Å². The number of nitrogens with zero attached hydrogens (tertiary/aromatic N) is 3. The SMILES string of the molecule is COc1ccc(CCN(C)CC(=O)/C(C#N)=C2\Sc3ccccc3N2C)cc1OC. The Kier molecular flexibility index (Phi) is 7.03. The molecule has 0 saturated heterocycles. The topological polar surface area (TPSA) is 65.8 Å². The summed E-state index contributed by atoms with van der Waals surface area (Å²) in [5.74, 6) is 1.20. The summed E-state index contributed by atoms with van der Waals surface area (Å²) in [6.45, 7) is 0.864. The summed E-state index contributed by atoms with van der Waals surface area (Å²) in [7, 11) is 6.99. The van der Waals surface area contributed by atoms with Crippen LogP contribution in [0.25, 0.3) is 0 Å². The first-order valence-corrected chi connectivity index (χ1v) is 10.4. The summed E-state index contributed by atoms with van der Waals surface area (Å²) in [6, 6.07) is 15.8. The second-order valence-electron chi connectivity index (χ2n) is 7.02. The number of carbonyl (C=O) groups excluding carboxylic acids is 1. The third-order valence-corrected chi connectivity index (χ3v) is 6.22. The normalized spacial score (nSPS) is 14.3. The summed E-state index contributed by atoms with van der Waals surface area (Å²) >= 11 is 1.47. The minimum Gasteiger partial charge on any atom is -0.493 e. The number of nitriles is 1. The first-order valence-electron chi connectivity index (χ1n) is 9.56. The van der Waals surface area contributed by atoms with Gasteiger partial charge in [0.2, 0.25) is 0 Å². The standard InChI is InChI=1S/C23H25N3O3S/c1-25(12-11-16-9-10-20(28-3)21(13-16)29-4)15-19(27)17(14-24)23-26(2)18-7-5-6-8-22(18)30-23/h5-10,13H,11-12,15H2,1-4H3/b23-17-. The number of likely N-dealkylation sites (N-methyl/N-ethyl adjacent to an activating group) is 1. The van der Waals surface area contributed by atoms with Gasteiger partial charge in [0.25, 0.3) is 0 Å². The lowest BCUT2D eigenvalue weighted by atomic mass is 10.1. The number of methoxy groups -OCH3 is 2. The zero-order chi connectivity index (χ0) is 21.7. The Hall–Kier alpha value is -2.95. The molecule has 156 valence electrons. The van der Waals surface area contributed by atoms with Crippen molar-refractivity contribution in [1.29, 1.82) is 5.26 Å². The van der Waals surface area contributed by atoms with Crippen LogP contribution in [0.4, 0.5) is 5.69 Å². The number of carbonyl (C=O) groups is 1. The molecule has 0 aliphatic carbocycles. The van der Waals surface area contributed by atoms with E-state index >= 15 is 0 Å². The molecule has 2 aromatic rings. The monoisotopic (exact) mass is 423 g/mol. The molecule has 0 fully saturated rings. The molecule has 3 rings (SSSR count). The molecule has 7 heteroatoms. The lowest BCUT2D eigenvalue weighted by Crippen LogP contribution is -2.29. The molecule has 0 radical (unpaired) electrons. The predicted molar refractivity (Wildman–Crippen MR) is 119 cm³/mol. The number of ketones is 1. The summed E-state index contributed by atoms with van der Waals surface area (Å²) < 4.78 is 10.6. The van der Waals surface area contributed by atoms with Crippen molar-refractivity contribution in [2.45, 2.75) is 11.3 Å². The summed E-state index contributed by atoms with van der Waals surface area (Å²) in [4.78, 5) is 17.8. The van der Waals surface area contributed by atoms with Crippen molar-refractivity contribution in [3.8, 4) is 17.6 Å². The average molecular weight is 424 g/mol. The van der Waals surface area contributed by atoms with Crippen molar-refractivity contribution >= 4 is 23.2 Å². The van der Waals surface area contributed by atoms with Crippen molar-refractivity contribution in [2.24, 2.45) is 0 Å². The Morgan fingerprint density at radius 1 is 1.17 bits per heavy atom. The molecule has 0 amide bonds. The number of thioether (sulfide) groups is 1. The van der Waals surface area contributed by atoms with Crippen LogP contribution in [0.1, 0.15) is 5.56 Å². The Labute approximate surface area is 181 Å². The molecule has 0 N–H and O–H groups in total. The first kappa shape index (κ1) is 21.8. The van der Waals surface area contributed by atoms with Crippen LogP contribution in [0.15, 0.2) is 58.0 Å². The number of rotatable bonds is 8. The van der Waals surface area contributed by atoms with Crippen LogP contribution in [-0.2, 0) is 11.2 Å². The van der Waals surface area contributed by atoms with E-state index in [1.165, 1.54) is 11.8 Å².